The molecule has 23 heavy (non-hydrogen) atoms. The van der Waals surface area contributed by atoms with E-state index in [4.69, 9.17) is 9.15 Å². The maximum atomic E-state index is 12.3. The van der Waals surface area contributed by atoms with Crippen molar-refractivity contribution in [2.75, 3.05) is 5.32 Å². The van der Waals surface area contributed by atoms with Gasteiger partial charge in [-0.05, 0) is 44.2 Å². The summed E-state index contributed by atoms with van der Waals surface area (Å²) in [6, 6.07) is 12.5. The van der Waals surface area contributed by atoms with Crippen molar-refractivity contribution in [3.05, 3.63) is 71.9 Å². The van der Waals surface area contributed by atoms with Crippen molar-refractivity contribution in [1.82, 2.24) is 4.98 Å². The largest absolute Gasteiger partial charge is 0.466 e. The van der Waals surface area contributed by atoms with Crippen LogP contribution in [0.25, 0.3) is 0 Å². The molecule has 116 valence electrons. The smallest absolute Gasteiger partial charge is 0.259 e. The SMILES string of the molecule is Cc1cc(C(=O)Nc2cccc(Oc3ccncc3)c2)c(C)o1. The summed E-state index contributed by atoms with van der Waals surface area (Å²) >= 11 is 0. The molecule has 0 unspecified atom stereocenters. The predicted octanol–water partition coefficient (Wildman–Crippen LogP) is 4.34. The number of anilines is 1. The van der Waals surface area contributed by atoms with Crippen molar-refractivity contribution >= 4 is 11.6 Å². The number of aryl methyl sites for hydroxylation is 2. The summed E-state index contributed by atoms with van der Waals surface area (Å²) in [6.45, 7) is 3.58. The lowest BCUT2D eigenvalue weighted by molar-refractivity contribution is 0.102. The standard InChI is InChI=1S/C18H16N2O3/c1-12-10-17(13(2)22-12)18(21)20-14-4-3-5-16(11-14)23-15-6-8-19-9-7-15/h3-11H,1-2H3,(H,20,21). The minimum atomic E-state index is -0.208. The van der Waals surface area contributed by atoms with Crippen LogP contribution in [0.5, 0.6) is 11.5 Å². The molecule has 0 saturated carbocycles. The maximum absolute atomic E-state index is 12.3. The zero-order valence-corrected chi connectivity index (χ0v) is 12.9. The van der Waals surface area contributed by atoms with E-state index in [1.807, 2.05) is 19.1 Å². The van der Waals surface area contributed by atoms with Gasteiger partial charge < -0.3 is 14.5 Å². The second-order valence-corrected chi connectivity index (χ2v) is 5.09. The van der Waals surface area contributed by atoms with E-state index in [1.165, 1.54) is 0 Å². The van der Waals surface area contributed by atoms with Crippen molar-refractivity contribution in [2.45, 2.75) is 13.8 Å². The molecule has 0 aliphatic rings. The molecule has 0 spiro atoms. The molecule has 0 fully saturated rings. The second kappa shape index (κ2) is 6.36. The lowest BCUT2D eigenvalue weighted by atomic mass is 10.2. The van der Waals surface area contributed by atoms with Crippen LogP contribution in [-0.4, -0.2) is 10.9 Å². The topological polar surface area (TPSA) is 64.4 Å². The van der Waals surface area contributed by atoms with E-state index in [0.717, 1.165) is 0 Å². The number of carbonyl (C=O) groups excluding carboxylic acids is 1. The number of rotatable bonds is 4. The summed E-state index contributed by atoms with van der Waals surface area (Å²) in [6.07, 6.45) is 3.32. The van der Waals surface area contributed by atoms with Crippen LogP contribution in [-0.2, 0) is 0 Å². The number of benzene rings is 1. The molecule has 0 aliphatic carbocycles. The molecule has 3 rings (SSSR count). The molecule has 2 heterocycles. The Kier molecular flexibility index (Phi) is 4.10. The van der Waals surface area contributed by atoms with Crippen LogP contribution in [0.1, 0.15) is 21.9 Å². The normalized spacial score (nSPS) is 10.3. The Morgan fingerprint density at radius 2 is 1.87 bits per heavy atom. The number of ether oxygens (including phenoxy) is 1. The number of carbonyl (C=O) groups is 1. The van der Waals surface area contributed by atoms with Gasteiger partial charge in [-0.25, -0.2) is 0 Å². The highest BCUT2D eigenvalue weighted by atomic mass is 16.5. The van der Waals surface area contributed by atoms with Crippen LogP contribution in [0.4, 0.5) is 5.69 Å². The van der Waals surface area contributed by atoms with Gasteiger partial charge >= 0.3 is 0 Å². The summed E-state index contributed by atoms with van der Waals surface area (Å²) < 4.78 is 11.1. The zero-order valence-electron chi connectivity index (χ0n) is 12.9. The highest BCUT2D eigenvalue weighted by molar-refractivity contribution is 6.05. The van der Waals surface area contributed by atoms with Crippen molar-refractivity contribution in [3.8, 4) is 11.5 Å². The molecule has 3 aromatic rings. The van der Waals surface area contributed by atoms with E-state index in [0.29, 0.717) is 34.3 Å². The Balaban J connectivity index is 1.75. The maximum Gasteiger partial charge on any atom is 0.259 e. The van der Waals surface area contributed by atoms with E-state index in [-0.39, 0.29) is 5.91 Å². The Bertz CT molecular complexity index is 825. The quantitative estimate of drug-likeness (QED) is 0.779. The van der Waals surface area contributed by atoms with Crippen LogP contribution in [0, 0.1) is 13.8 Å². The number of nitrogens with zero attached hydrogens (tertiary/aromatic N) is 1. The van der Waals surface area contributed by atoms with Gasteiger partial charge in [-0.1, -0.05) is 6.07 Å². The number of amides is 1. The molecule has 2 aromatic heterocycles. The molecule has 1 N–H and O–H groups in total. The fourth-order valence-electron chi connectivity index (χ4n) is 2.23. The van der Waals surface area contributed by atoms with Gasteiger partial charge in [-0.2, -0.15) is 0 Å². The first kappa shape index (κ1) is 14.8. The van der Waals surface area contributed by atoms with E-state index < -0.39 is 0 Å². The fraction of sp³-hybridized carbons (Fsp3) is 0.111. The second-order valence-electron chi connectivity index (χ2n) is 5.09. The number of pyridine rings is 1. The van der Waals surface area contributed by atoms with Gasteiger partial charge in [0.15, 0.2) is 0 Å². The van der Waals surface area contributed by atoms with E-state index in [1.54, 1.807) is 49.6 Å². The first-order valence-corrected chi connectivity index (χ1v) is 7.18. The molecule has 0 atom stereocenters. The van der Waals surface area contributed by atoms with Crippen molar-refractivity contribution < 1.29 is 13.9 Å². The molecule has 5 heteroatoms. The molecular weight excluding hydrogens is 292 g/mol. The molecule has 0 aliphatic heterocycles. The Hall–Kier alpha value is -3.08. The van der Waals surface area contributed by atoms with Crippen LogP contribution >= 0.6 is 0 Å². The van der Waals surface area contributed by atoms with Crippen LogP contribution < -0.4 is 10.1 Å². The van der Waals surface area contributed by atoms with Gasteiger partial charge in [0.05, 0.1) is 5.56 Å². The van der Waals surface area contributed by atoms with Gasteiger partial charge in [0.2, 0.25) is 0 Å². The lowest BCUT2D eigenvalue weighted by Gasteiger charge is -2.08. The third-order valence-corrected chi connectivity index (χ3v) is 3.26. The highest BCUT2D eigenvalue weighted by Crippen LogP contribution is 2.24. The number of hydrogen-bond donors (Lipinski definition) is 1. The van der Waals surface area contributed by atoms with Gasteiger partial charge in [-0.15, -0.1) is 0 Å². The summed E-state index contributed by atoms with van der Waals surface area (Å²) in [5, 5.41) is 2.85. The lowest BCUT2D eigenvalue weighted by Crippen LogP contribution is -2.12. The molecular formula is C18H16N2O3. The summed E-state index contributed by atoms with van der Waals surface area (Å²) in [5.74, 6) is 2.42. The van der Waals surface area contributed by atoms with Gasteiger partial charge in [0.1, 0.15) is 23.0 Å². The molecule has 0 bridgehead atoms. The molecule has 0 saturated heterocycles. The summed E-state index contributed by atoms with van der Waals surface area (Å²) in [5.41, 5.74) is 1.18. The van der Waals surface area contributed by atoms with Crippen molar-refractivity contribution in [2.24, 2.45) is 0 Å². The number of furan rings is 1. The molecule has 5 nitrogen and oxygen atoms in total. The number of hydrogen-bond acceptors (Lipinski definition) is 4. The van der Waals surface area contributed by atoms with E-state index in [9.17, 15) is 4.79 Å². The Morgan fingerprint density at radius 3 is 2.57 bits per heavy atom. The molecule has 0 radical (unpaired) electrons. The van der Waals surface area contributed by atoms with Crippen LogP contribution in [0.2, 0.25) is 0 Å². The average Bonchev–Trinajstić information content (AvgIpc) is 2.87. The minimum Gasteiger partial charge on any atom is -0.466 e. The van der Waals surface area contributed by atoms with Gasteiger partial charge in [-0.3, -0.25) is 9.78 Å². The third kappa shape index (κ3) is 3.58. The first-order valence-electron chi connectivity index (χ1n) is 7.18. The van der Waals surface area contributed by atoms with Crippen molar-refractivity contribution in [3.63, 3.8) is 0 Å². The van der Waals surface area contributed by atoms with Crippen LogP contribution in [0.3, 0.4) is 0 Å². The Morgan fingerprint density at radius 1 is 1.09 bits per heavy atom. The zero-order chi connectivity index (χ0) is 16.2. The number of nitrogens with one attached hydrogen (secondary N) is 1. The average molecular weight is 308 g/mol. The predicted molar refractivity (Wildman–Crippen MR) is 86.9 cm³/mol. The van der Waals surface area contributed by atoms with E-state index >= 15 is 0 Å². The fourth-order valence-corrected chi connectivity index (χ4v) is 2.23. The van der Waals surface area contributed by atoms with E-state index in [2.05, 4.69) is 10.3 Å². The van der Waals surface area contributed by atoms with Gasteiger partial charge in [0.25, 0.3) is 5.91 Å². The van der Waals surface area contributed by atoms with Crippen LogP contribution in [0.15, 0.2) is 59.3 Å². The monoisotopic (exact) mass is 308 g/mol. The number of aromatic nitrogens is 1. The molecule has 1 aromatic carbocycles. The highest BCUT2D eigenvalue weighted by Gasteiger charge is 2.13. The first-order chi connectivity index (χ1) is 11.1. The van der Waals surface area contributed by atoms with Gasteiger partial charge in [0, 0.05) is 24.1 Å². The van der Waals surface area contributed by atoms with Crippen molar-refractivity contribution in [1.29, 1.82) is 0 Å². The Labute approximate surface area is 133 Å². The third-order valence-electron chi connectivity index (χ3n) is 3.26. The summed E-state index contributed by atoms with van der Waals surface area (Å²) in [4.78, 5) is 16.2. The minimum absolute atomic E-state index is 0.208. The molecule has 1 amide bonds. The summed E-state index contributed by atoms with van der Waals surface area (Å²) in [7, 11) is 0.